The number of ether oxygens (including phenoxy) is 2. The third-order valence-electron chi connectivity index (χ3n) is 3.75. The van der Waals surface area contributed by atoms with Gasteiger partial charge in [-0.15, -0.1) is 6.42 Å². The number of rotatable bonds is 6. The molecule has 0 saturated carbocycles. The van der Waals surface area contributed by atoms with Gasteiger partial charge in [0.05, 0.1) is 24.9 Å². The van der Waals surface area contributed by atoms with Crippen molar-refractivity contribution in [3.05, 3.63) is 46.2 Å². The molecule has 0 bridgehead atoms. The molecule has 0 radical (unpaired) electrons. The monoisotopic (exact) mass is 374 g/mol. The van der Waals surface area contributed by atoms with Gasteiger partial charge in [0.25, 0.3) is 5.91 Å². The topological polar surface area (TPSA) is 69.6 Å². The fourth-order valence-electron chi connectivity index (χ4n) is 2.59. The number of amides is 1. The quantitative estimate of drug-likeness (QED) is 0.623. The van der Waals surface area contributed by atoms with Gasteiger partial charge < -0.3 is 19.4 Å². The van der Waals surface area contributed by atoms with Crippen LogP contribution in [0.3, 0.4) is 0 Å². The van der Waals surface area contributed by atoms with Gasteiger partial charge in [-0.1, -0.05) is 17.5 Å². The first kappa shape index (κ1) is 19.4. The summed E-state index contributed by atoms with van der Waals surface area (Å²) in [4.78, 5) is 23.9. The second-order valence-corrected chi connectivity index (χ2v) is 5.93. The van der Waals surface area contributed by atoms with Gasteiger partial charge in [-0.05, 0) is 38.1 Å². The van der Waals surface area contributed by atoms with Crippen molar-refractivity contribution in [1.82, 2.24) is 9.88 Å². The molecular formula is C19H19ClN2O4. The van der Waals surface area contributed by atoms with Crippen LogP contribution in [0.2, 0.25) is 5.02 Å². The predicted octanol–water partition coefficient (Wildman–Crippen LogP) is 2.66. The summed E-state index contributed by atoms with van der Waals surface area (Å²) in [6.45, 7) is 3.32. The second-order valence-electron chi connectivity index (χ2n) is 5.49. The lowest BCUT2D eigenvalue weighted by molar-refractivity contribution is -0.123. The molecule has 1 heterocycles. The van der Waals surface area contributed by atoms with Crippen molar-refractivity contribution in [3.63, 3.8) is 0 Å². The summed E-state index contributed by atoms with van der Waals surface area (Å²) in [7, 11) is 1.56. The molecule has 136 valence electrons. The van der Waals surface area contributed by atoms with Crippen LogP contribution in [-0.2, 0) is 9.53 Å². The summed E-state index contributed by atoms with van der Waals surface area (Å²) in [5, 5.41) is 2.97. The van der Waals surface area contributed by atoms with Crippen LogP contribution in [0.5, 0.6) is 5.75 Å². The van der Waals surface area contributed by atoms with E-state index in [1.54, 1.807) is 38.3 Å². The molecular weight excluding hydrogens is 356 g/mol. The van der Waals surface area contributed by atoms with E-state index in [0.717, 1.165) is 5.69 Å². The molecule has 0 aliphatic rings. The summed E-state index contributed by atoms with van der Waals surface area (Å²) >= 11 is 6.10. The van der Waals surface area contributed by atoms with Gasteiger partial charge in [0.15, 0.2) is 6.61 Å². The van der Waals surface area contributed by atoms with E-state index in [1.807, 2.05) is 11.5 Å². The second kappa shape index (κ2) is 8.45. The number of nitrogens with zero attached hydrogens (tertiary/aromatic N) is 1. The van der Waals surface area contributed by atoms with Gasteiger partial charge in [-0.3, -0.25) is 4.79 Å². The first-order valence-corrected chi connectivity index (χ1v) is 8.17. The summed E-state index contributed by atoms with van der Waals surface area (Å²) in [5.74, 6) is 1.84. The van der Waals surface area contributed by atoms with E-state index < -0.39 is 18.5 Å². The number of methoxy groups -OCH3 is 1. The lowest BCUT2D eigenvalue weighted by Gasteiger charge is -2.14. The normalized spacial score (nSPS) is 10.1. The minimum atomic E-state index is -0.596. The van der Waals surface area contributed by atoms with E-state index >= 15 is 0 Å². The molecule has 2 rings (SSSR count). The molecule has 0 aliphatic carbocycles. The molecule has 6 nitrogen and oxygen atoms in total. The molecule has 26 heavy (non-hydrogen) atoms. The number of carbonyl (C=O) groups is 2. The maximum Gasteiger partial charge on any atom is 0.340 e. The minimum absolute atomic E-state index is 0.0828. The number of terminal acetylenes is 1. The van der Waals surface area contributed by atoms with Crippen LogP contribution in [0.15, 0.2) is 24.3 Å². The van der Waals surface area contributed by atoms with Gasteiger partial charge in [-0.2, -0.15) is 0 Å². The minimum Gasteiger partial charge on any atom is -0.495 e. The number of halogens is 1. The first-order chi connectivity index (χ1) is 12.4. The average Bonchev–Trinajstić information content (AvgIpc) is 2.92. The molecule has 1 N–H and O–H groups in total. The number of aromatic nitrogens is 1. The van der Waals surface area contributed by atoms with E-state index in [4.69, 9.17) is 27.5 Å². The number of aryl methyl sites for hydroxylation is 1. The SMILES string of the molecule is C#CCNC(=O)COC(=O)c1cc(C)n(-c2cc(Cl)ccc2OC)c1C. The Labute approximate surface area is 157 Å². The summed E-state index contributed by atoms with van der Waals surface area (Å²) in [5.41, 5.74) is 2.51. The molecule has 0 aliphatic heterocycles. The molecule has 0 saturated heterocycles. The average molecular weight is 375 g/mol. The number of esters is 1. The van der Waals surface area contributed by atoms with Crippen LogP contribution in [-0.4, -0.2) is 36.7 Å². The Morgan fingerprint density at radius 3 is 2.69 bits per heavy atom. The van der Waals surface area contributed by atoms with Crippen LogP contribution >= 0.6 is 11.6 Å². The van der Waals surface area contributed by atoms with Crippen LogP contribution in [0, 0.1) is 26.2 Å². The van der Waals surface area contributed by atoms with Crippen molar-refractivity contribution in [2.75, 3.05) is 20.3 Å². The van der Waals surface area contributed by atoms with E-state index in [9.17, 15) is 9.59 Å². The molecule has 0 unspecified atom stereocenters. The molecule has 1 amide bonds. The highest BCUT2D eigenvalue weighted by Gasteiger charge is 2.20. The predicted molar refractivity (Wildman–Crippen MR) is 98.9 cm³/mol. The number of hydrogen-bond donors (Lipinski definition) is 1. The Kier molecular flexibility index (Phi) is 6.31. The van der Waals surface area contributed by atoms with Crippen LogP contribution in [0.1, 0.15) is 21.7 Å². The Morgan fingerprint density at radius 1 is 1.31 bits per heavy atom. The zero-order valence-electron chi connectivity index (χ0n) is 14.8. The Balaban J connectivity index is 2.28. The van der Waals surface area contributed by atoms with Gasteiger partial charge in [0, 0.05) is 16.4 Å². The van der Waals surface area contributed by atoms with Crippen molar-refractivity contribution in [2.45, 2.75) is 13.8 Å². The van der Waals surface area contributed by atoms with Gasteiger partial charge in [0.2, 0.25) is 0 Å². The number of carbonyl (C=O) groups excluding carboxylic acids is 2. The molecule has 1 aromatic heterocycles. The summed E-state index contributed by atoms with van der Waals surface area (Å²) in [6, 6.07) is 6.92. The lowest BCUT2D eigenvalue weighted by Crippen LogP contribution is -2.29. The van der Waals surface area contributed by atoms with E-state index in [1.165, 1.54) is 0 Å². The lowest BCUT2D eigenvalue weighted by atomic mass is 10.2. The Morgan fingerprint density at radius 2 is 2.04 bits per heavy atom. The van der Waals surface area contributed by atoms with E-state index in [2.05, 4.69) is 11.2 Å². The number of benzene rings is 1. The number of nitrogens with one attached hydrogen (secondary N) is 1. The highest BCUT2D eigenvalue weighted by Crippen LogP contribution is 2.30. The van der Waals surface area contributed by atoms with Crippen LogP contribution < -0.4 is 10.1 Å². The molecule has 0 fully saturated rings. The molecule has 7 heteroatoms. The Hall–Kier alpha value is -2.91. The maximum absolute atomic E-state index is 12.3. The molecule has 0 atom stereocenters. The smallest absolute Gasteiger partial charge is 0.340 e. The van der Waals surface area contributed by atoms with Gasteiger partial charge >= 0.3 is 5.97 Å². The fraction of sp³-hybridized carbons (Fsp3) is 0.263. The zero-order chi connectivity index (χ0) is 19.3. The Bertz CT molecular complexity index is 880. The fourth-order valence-corrected chi connectivity index (χ4v) is 2.75. The van der Waals surface area contributed by atoms with Crippen molar-refractivity contribution >= 4 is 23.5 Å². The zero-order valence-corrected chi connectivity index (χ0v) is 15.5. The third kappa shape index (κ3) is 4.19. The summed E-state index contributed by atoms with van der Waals surface area (Å²) < 4.78 is 12.3. The highest BCUT2D eigenvalue weighted by molar-refractivity contribution is 6.30. The van der Waals surface area contributed by atoms with Gasteiger partial charge in [0.1, 0.15) is 5.75 Å². The highest BCUT2D eigenvalue weighted by atomic mass is 35.5. The molecule has 2 aromatic rings. The van der Waals surface area contributed by atoms with Crippen LogP contribution in [0.25, 0.3) is 5.69 Å². The van der Waals surface area contributed by atoms with E-state index in [0.29, 0.717) is 27.7 Å². The van der Waals surface area contributed by atoms with Crippen molar-refractivity contribution < 1.29 is 19.1 Å². The van der Waals surface area contributed by atoms with Crippen molar-refractivity contribution in [1.29, 1.82) is 0 Å². The van der Waals surface area contributed by atoms with Crippen molar-refractivity contribution in [3.8, 4) is 23.8 Å². The van der Waals surface area contributed by atoms with Crippen LogP contribution in [0.4, 0.5) is 0 Å². The summed E-state index contributed by atoms with van der Waals surface area (Å²) in [6.07, 6.45) is 5.06. The maximum atomic E-state index is 12.3. The largest absolute Gasteiger partial charge is 0.495 e. The van der Waals surface area contributed by atoms with Gasteiger partial charge in [-0.25, -0.2) is 4.79 Å². The first-order valence-electron chi connectivity index (χ1n) is 7.79. The molecule has 1 aromatic carbocycles. The van der Waals surface area contributed by atoms with E-state index in [-0.39, 0.29) is 6.54 Å². The van der Waals surface area contributed by atoms with Crippen molar-refractivity contribution in [2.24, 2.45) is 0 Å². The standard InChI is InChI=1S/C19H19ClN2O4/c1-5-8-21-18(23)11-26-19(24)15-9-12(2)22(13(15)3)16-10-14(20)6-7-17(16)25-4/h1,6-7,9-10H,8,11H2,2-4H3,(H,21,23). The third-order valence-corrected chi connectivity index (χ3v) is 3.99. The number of hydrogen-bond acceptors (Lipinski definition) is 4. The molecule has 0 spiro atoms.